The molecule has 0 aliphatic carbocycles. The highest BCUT2D eigenvalue weighted by atomic mass is 32.1. The van der Waals surface area contributed by atoms with E-state index in [-0.39, 0.29) is 18.0 Å². The second-order valence-corrected chi connectivity index (χ2v) is 4.55. The summed E-state index contributed by atoms with van der Waals surface area (Å²) >= 11 is 1.65. The number of rotatable bonds is 6. The van der Waals surface area contributed by atoms with Gasteiger partial charge in [-0.05, 0) is 36.2 Å². The van der Waals surface area contributed by atoms with Gasteiger partial charge in [0.05, 0.1) is 12.6 Å². The molecule has 2 heterocycles. The number of nitrogens with two attached hydrogens (primary N) is 1. The minimum absolute atomic E-state index is 0.0914. The predicted octanol–water partition coefficient (Wildman–Crippen LogP) is 1.79. The number of nitrogen functional groups attached to an aromatic ring is 1. The van der Waals surface area contributed by atoms with Crippen molar-refractivity contribution in [3.05, 3.63) is 22.4 Å². The summed E-state index contributed by atoms with van der Waals surface area (Å²) in [6, 6.07) is 2.38. The van der Waals surface area contributed by atoms with Crippen LogP contribution < -0.4 is 21.3 Å². The van der Waals surface area contributed by atoms with E-state index in [1.54, 1.807) is 11.3 Å². The standard InChI is InChI=1S/C11H16N6OS/c1-3-18-11-15-9(14-10(16-11)17-12)13-7(2)8-4-5-19-6-8/h4-7H,3,12H2,1-2H3,(H2,13,14,15,16,17). The third kappa shape index (κ3) is 3.52. The first-order valence-corrected chi connectivity index (χ1v) is 6.81. The van der Waals surface area contributed by atoms with E-state index in [0.29, 0.717) is 12.6 Å². The Morgan fingerprint density at radius 1 is 1.37 bits per heavy atom. The van der Waals surface area contributed by atoms with E-state index in [1.807, 2.05) is 19.2 Å². The molecule has 19 heavy (non-hydrogen) atoms. The van der Waals surface area contributed by atoms with Crippen LogP contribution in [0.3, 0.4) is 0 Å². The van der Waals surface area contributed by atoms with Gasteiger partial charge >= 0.3 is 6.01 Å². The van der Waals surface area contributed by atoms with Gasteiger partial charge < -0.3 is 10.1 Å². The third-order valence-electron chi connectivity index (χ3n) is 2.41. The van der Waals surface area contributed by atoms with Gasteiger partial charge in [-0.15, -0.1) is 0 Å². The minimum atomic E-state index is 0.0914. The fourth-order valence-electron chi connectivity index (χ4n) is 1.48. The fourth-order valence-corrected chi connectivity index (χ4v) is 2.23. The number of hydrogen-bond acceptors (Lipinski definition) is 8. The monoisotopic (exact) mass is 280 g/mol. The summed E-state index contributed by atoms with van der Waals surface area (Å²) < 4.78 is 5.27. The van der Waals surface area contributed by atoms with Crippen molar-refractivity contribution in [1.29, 1.82) is 0 Å². The van der Waals surface area contributed by atoms with Gasteiger partial charge in [-0.3, -0.25) is 5.43 Å². The maximum atomic E-state index is 5.32. The third-order valence-corrected chi connectivity index (χ3v) is 3.11. The molecule has 0 saturated heterocycles. The Morgan fingerprint density at radius 3 is 2.79 bits per heavy atom. The molecule has 4 N–H and O–H groups in total. The van der Waals surface area contributed by atoms with Gasteiger partial charge in [-0.25, -0.2) is 5.84 Å². The highest BCUT2D eigenvalue weighted by Gasteiger charge is 2.11. The van der Waals surface area contributed by atoms with E-state index in [9.17, 15) is 0 Å². The minimum Gasteiger partial charge on any atom is -0.464 e. The van der Waals surface area contributed by atoms with Crippen LogP contribution in [0.1, 0.15) is 25.5 Å². The van der Waals surface area contributed by atoms with Crippen LogP contribution in [-0.2, 0) is 0 Å². The average Bonchev–Trinajstić information content (AvgIpc) is 2.92. The van der Waals surface area contributed by atoms with E-state index in [2.05, 4.69) is 37.1 Å². The number of nitrogens with one attached hydrogen (secondary N) is 2. The summed E-state index contributed by atoms with van der Waals surface area (Å²) in [5.74, 6) is 6.01. The molecule has 2 aromatic rings. The Hall–Kier alpha value is -1.93. The van der Waals surface area contributed by atoms with E-state index in [1.165, 1.54) is 5.56 Å². The number of hydrogen-bond donors (Lipinski definition) is 3. The Labute approximate surface area is 115 Å². The maximum Gasteiger partial charge on any atom is 0.323 e. The van der Waals surface area contributed by atoms with Crippen molar-refractivity contribution in [3.63, 3.8) is 0 Å². The van der Waals surface area contributed by atoms with Crippen LogP contribution in [0.15, 0.2) is 16.8 Å². The van der Waals surface area contributed by atoms with Crippen LogP contribution >= 0.6 is 11.3 Å². The van der Waals surface area contributed by atoms with Crippen LogP contribution in [-0.4, -0.2) is 21.6 Å². The van der Waals surface area contributed by atoms with Crippen molar-refractivity contribution < 1.29 is 4.74 Å². The van der Waals surface area contributed by atoms with Crippen LogP contribution in [0.25, 0.3) is 0 Å². The van der Waals surface area contributed by atoms with Gasteiger partial charge in [0.1, 0.15) is 0 Å². The zero-order chi connectivity index (χ0) is 13.7. The Morgan fingerprint density at radius 2 is 2.16 bits per heavy atom. The van der Waals surface area contributed by atoms with E-state index < -0.39 is 0 Å². The normalized spacial score (nSPS) is 11.9. The number of hydrazine groups is 1. The summed E-state index contributed by atoms with van der Waals surface area (Å²) in [6.07, 6.45) is 0. The average molecular weight is 280 g/mol. The molecule has 0 aliphatic heterocycles. The molecule has 1 atom stereocenters. The van der Waals surface area contributed by atoms with Gasteiger partial charge in [-0.1, -0.05) is 0 Å². The number of ether oxygens (including phenoxy) is 1. The van der Waals surface area contributed by atoms with Gasteiger partial charge in [0.25, 0.3) is 0 Å². The van der Waals surface area contributed by atoms with E-state index >= 15 is 0 Å². The van der Waals surface area contributed by atoms with Gasteiger partial charge in [0, 0.05) is 0 Å². The summed E-state index contributed by atoms with van der Waals surface area (Å²) in [7, 11) is 0. The molecule has 8 heteroatoms. The topological polar surface area (TPSA) is 98.0 Å². The molecule has 102 valence electrons. The number of anilines is 2. The quantitative estimate of drug-likeness (QED) is 0.548. The predicted molar refractivity (Wildman–Crippen MR) is 75.2 cm³/mol. The number of nitrogens with zero attached hydrogens (tertiary/aromatic N) is 3. The van der Waals surface area contributed by atoms with Crippen molar-refractivity contribution in [1.82, 2.24) is 15.0 Å². The largest absolute Gasteiger partial charge is 0.464 e. The molecule has 0 aliphatic rings. The molecular formula is C11H16N6OS. The lowest BCUT2D eigenvalue weighted by Crippen LogP contribution is -2.15. The summed E-state index contributed by atoms with van der Waals surface area (Å²) in [5.41, 5.74) is 3.57. The van der Waals surface area contributed by atoms with Gasteiger partial charge in [-0.2, -0.15) is 26.3 Å². The first-order chi connectivity index (χ1) is 9.22. The second-order valence-electron chi connectivity index (χ2n) is 3.77. The Balaban J connectivity index is 2.16. The molecule has 0 radical (unpaired) electrons. The van der Waals surface area contributed by atoms with Crippen molar-refractivity contribution in [2.24, 2.45) is 5.84 Å². The zero-order valence-corrected chi connectivity index (χ0v) is 11.6. The number of aromatic nitrogens is 3. The summed E-state index contributed by atoms with van der Waals surface area (Å²) in [6.45, 7) is 4.37. The van der Waals surface area contributed by atoms with E-state index in [4.69, 9.17) is 10.6 Å². The molecule has 0 saturated carbocycles. The molecule has 0 aromatic carbocycles. The molecule has 0 fully saturated rings. The van der Waals surface area contributed by atoms with Crippen molar-refractivity contribution in [2.45, 2.75) is 19.9 Å². The molecule has 0 bridgehead atoms. The van der Waals surface area contributed by atoms with Crippen LogP contribution in [0.2, 0.25) is 0 Å². The van der Waals surface area contributed by atoms with Crippen LogP contribution in [0, 0.1) is 0 Å². The van der Waals surface area contributed by atoms with Crippen LogP contribution in [0.5, 0.6) is 6.01 Å². The molecule has 1 unspecified atom stereocenters. The smallest absolute Gasteiger partial charge is 0.323 e. The lowest BCUT2D eigenvalue weighted by atomic mass is 10.2. The zero-order valence-electron chi connectivity index (χ0n) is 10.8. The maximum absolute atomic E-state index is 5.32. The molecular weight excluding hydrogens is 264 g/mol. The lowest BCUT2D eigenvalue weighted by molar-refractivity contribution is 0.312. The van der Waals surface area contributed by atoms with E-state index in [0.717, 1.165) is 0 Å². The Kier molecular flexibility index (Phi) is 4.48. The lowest BCUT2D eigenvalue weighted by Gasteiger charge is -2.13. The molecule has 2 aromatic heterocycles. The number of thiophene rings is 1. The fraction of sp³-hybridized carbons (Fsp3) is 0.364. The summed E-state index contributed by atoms with van der Waals surface area (Å²) in [5, 5.41) is 7.29. The molecule has 0 spiro atoms. The second kappa shape index (κ2) is 6.30. The molecule has 2 rings (SSSR count). The van der Waals surface area contributed by atoms with Gasteiger partial charge in [0.2, 0.25) is 11.9 Å². The highest BCUT2D eigenvalue weighted by Crippen LogP contribution is 2.20. The first kappa shape index (κ1) is 13.5. The summed E-state index contributed by atoms with van der Waals surface area (Å²) in [4.78, 5) is 12.3. The van der Waals surface area contributed by atoms with Crippen molar-refractivity contribution in [2.75, 3.05) is 17.3 Å². The van der Waals surface area contributed by atoms with Crippen molar-refractivity contribution >= 4 is 23.2 Å². The van der Waals surface area contributed by atoms with Crippen molar-refractivity contribution in [3.8, 4) is 6.01 Å². The highest BCUT2D eigenvalue weighted by molar-refractivity contribution is 7.07. The molecule has 7 nitrogen and oxygen atoms in total. The SMILES string of the molecule is CCOc1nc(NN)nc(NC(C)c2ccsc2)n1. The van der Waals surface area contributed by atoms with Crippen LogP contribution in [0.4, 0.5) is 11.9 Å². The Bertz CT molecular complexity index is 518. The molecule has 0 amide bonds. The van der Waals surface area contributed by atoms with Gasteiger partial charge in [0.15, 0.2) is 0 Å². The first-order valence-electron chi connectivity index (χ1n) is 5.87.